The predicted octanol–water partition coefficient (Wildman–Crippen LogP) is 3.71. The Bertz CT molecular complexity index is 465. The van der Waals surface area contributed by atoms with Gasteiger partial charge in [0.25, 0.3) is 0 Å². The van der Waals surface area contributed by atoms with E-state index in [4.69, 9.17) is 23.2 Å². The topological polar surface area (TPSA) is 41.1 Å². The molecule has 5 heteroatoms. The number of hydrogen-bond acceptors (Lipinski definition) is 2. The maximum atomic E-state index is 12.2. The van der Waals surface area contributed by atoms with Crippen LogP contribution >= 0.6 is 23.2 Å². The van der Waals surface area contributed by atoms with Crippen molar-refractivity contribution in [2.75, 3.05) is 11.9 Å². The van der Waals surface area contributed by atoms with Gasteiger partial charge in [-0.1, -0.05) is 42.6 Å². The molecule has 1 aromatic carbocycles. The fraction of sp³-hybridized carbons (Fsp3) is 0.500. The summed E-state index contributed by atoms with van der Waals surface area (Å²) in [5.41, 5.74) is 0.569. The molecule has 0 bridgehead atoms. The minimum absolute atomic E-state index is 0.0395. The number of halogens is 2. The molecular weight excluding hydrogens is 283 g/mol. The molecule has 0 spiro atoms. The zero-order valence-electron chi connectivity index (χ0n) is 10.9. The van der Waals surface area contributed by atoms with Crippen molar-refractivity contribution in [1.82, 2.24) is 5.32 Å². The SMILES string of the molecule is CCC1CCNC(C(=O)Nc2cccc(Cl)c2Cl)C1. The normalized spacial score (nSPS) is 23.1. The smallest absolute Gasteiger partial charge is 0.241 e. The van der Waals surface area contributed by atoms with Crippen LogP contribution in [0.15, 0.2) is 18.2 Å². The molecular formula is C14H18Cl2N2O. The highest BCUT2D eigenvalue weighted by molar-refractivity contribution is 6.44. The molecule has 2 N–H and O–H groups in total. The van der Waals surface area contributed by atoms with Crippen molar-refractivity contribution in [3.8, 4) is 0 Å². The first-order valence-electron chi connectivity index (χ1n) is 6.60. The van der Waals surface area contributed by atoms with E-state index in [0.717, 1.165) is 25.8 Å². The van der Waals surface area contributed by atoms with Crippen LogP contribution in [0.3, 0.4) is 0 Å². The minimum atomic E-state index is -0.145. The first kappa shape index (κ1) is 14.6. The number of carbonyl (C=O) groups excluding carboxylic acids is 1. The highest BCUT2D eigenvalue weighted by Gasteiger charge is 2.26. The average Bonchev–Trinajstić information content (AvgIpc) is 2.44. The Hall–Kier alpha value is -0.770. The Labute approximate surface area is 123 Å². The molecule has 19 heavy (non-hydrogen) atoms. The van der Waals surface area contributed by atoms with Crippen molar-refractivity contribution in [2.24, 2.45) is 5.92 Å². The first-order chi connectivity index (χ1) is 9.11. The molecule has 1 aliphatic heterocycles. The van der Waals surface area contributed by atoms with Gasteiger partial charge >= 0.3 is 0 Å². The third kappa shape index (κ3) is 3.62. The largest absolute Gasteiger partial charge is 0.323 e. The Morgan fingerprint density at radius 3 is 3.00 bits per heavy atom. The summed E-state index contributed by atoms with van der Waals surface area (Å²) in [6.07, 6.45) is 3.13. The van der Waals surface area contributed by atoms with Crippen LogP contribution < -0.4 is 10.6 Å². The maximum Gasteiger partial charge on any atom is 0.241 e. The van der Waals surface area contributed by atoms with Gasteiger partial charge in [0, 0.05) is 0 Å². The van der Waals surface area contributed by atoms with Crippen molar-refractivity contribution in [3.63, 3.8) is 0 Å². The molecule has 0 saturated carbocycles. The van der Waals surface area contributed by atoms with Gasteiger partial charge in [-0.2, -0.15) is 0 Å². The summed E-state index contributed by atoms with van der Waals surface area (Å²) >= 11 is 12.0. The van der Waals surface area contributed by atoms with Crippen molar-refractivity contribution >= 4 is 34.8 Å². The van der Waals surface area contributed by atoms with Crippen molar-refractivity contribution in [3.05, 3.63) is 28.2 Å². The molecule has 1 heterocycles. The Kier molecular flexibility index (Phi) is 5.08. The highest BCUT2D eigenvalue weighted by Crippen LogP contribution is 2.30. The summed E-state index contributed by atoms with van der Waals surface area (Å²) in [4.78, 5) is 12.2. The number of carbonyl (C=O) groups is 1. The Morgan fingerprint density at radius 2 is 2.26 bits per heavy atom. The van der Waals surface area contributed by atoms with Crippen molar-refractivity contribution < 1.29 is 4.79 Å². The molecule has 1 aliphatic rings. The van der Waals surface area contributed by atoms with E-state index in [-0.39, 0.29) is 11.9 Å². The zero-order chi connectivity index (χ0) is 13.8. The summed E-state index contributed by atoms with van der Waals surface area (Å²) in [5.74, 6) is 0.578. The zero-order valence-corrected chi connectivity index (χ0v) is 12.4. The molecule has 1 aromatic rings. The van der Waals surface area contributed by atoms with Crippen LogP contribution in [0.1, 0.15) is 26.2 Å². The molecule has 2 rings (SSSR count). The molecule has 0 aromatic heterocycles. The van der Waals surface area contributed by atoms with Crippen molar-refractivity contribution in [2.45, 2.75) is 32.2 Å². The minimum Gasteiger partial charge on any atom is -0.323 e. The number of benzene rings is 1. The van der Waals surface area contributed by atoms with Crippen LogP contribution in [-0.4, -0.2) is 18.5 Å². The van der Waals surface area contributed by atoms with Crippen LogP contribution in [0.5, 0.6) is 0 Å². The van der Waals surface area contributed by atoms with Gasteiger partial charge in [0.2, 0.25) is 5.91 Å². The average molecular weight is 301 g/mol. The number of amides is 1. The summed E-state index contributed by atoms with van der Waals surface area (Å²) in [7, 11) is 0. The summed E-state index contributed by atoms with van der Waals surface area (Å²) in [5, 5.41) is 6.93. The van der Waals surface area contributed by atoms with Gasteiger partial charge in [0.05, 0.1) is 21.8 Å². The molecule has 2 atom stereocenters. The lowest BCUT2D eigenvalue weighted by Gasteiger charge is -2.28. The number of anilines is 1. The van der Waals surface area contributed by atoms with Crippen LogP contribution in [0.25, 0.3) is 0 Å². The lowest BCUT2D eigenvalue weighted by Crippen LogP contribution is -2.46. The molecule has 2 unspecified atom stereocenters. The first-order valence-corrected chi connectivity index (χ1v) is 7.35. The standard InChI is InChI=1S/C14H18Cl2N2O/c1-2-9-6-7-17-12(8-9)14(19)18-11-5-3-4-10(15)13(11)16/h3-5,9,12,17H,2,6-8H2,1H3,(H,18,19). The lowest BCUT2D eigenvalue weighted by molar-refractivity contribution is -0.119. The van der Waals surface area contributed by atoms with Gasteiger partial charge in [-0.15, -0.1) is 0 Å². The fourth-order valence-corrected chi connectivity index (χ4v) is 2.73. The quantitative estimate of drug-likeness (QED) is 0.893. The lowest BCUT2D eigenvalue weighted by atomic mass is 9.90. The van der Waals surface area contributed by atoms with Crippen LogP contribution in [-0.2, 0) is 4.79 Å². The van der Waals surface area contributed by atoms with Gasteiger partial charge in [-0.05, 0) is 37.4 Å². The predicted molar refractivity (Wildman–Crippen MR) is 79.9 cm³/mol. The second kappa shape index (κ2) is 6.60. The van der Waals surface area contributed by atoms with E-state index in [9.17, 15) is 4.79 Å². The number of rotatable bonds is 3. The third-order valence-electron chi connectivity index (χ3n) is 3.62. The molecule has 0 aliphatic carbocycles. The Morgan fingerprint density at radius 1 is 1.47 bits per heavy atom. The second-order valence-electron chi connectivity index (χ2n) is 4.90. The van der Waals surface area contributed by atoms with Gasteiger partial charge in [-0.25, -0.2) is 0 Å². The van der Waals surface area contributed by atoms with E-state index < -0.39 is 0 Å². The summed E-state index contributed by atoms with van der Waals surface area (Å²) in [6, 6.07) is 5.08. The van der Waals surface area contributed by atoms with E-state index >= 15 is 0 Å². The maximum absolute atomic E-state index is 12.2. The molecule has 1 saturated heterocycles. The Balaban J connectivity index is 2.02. The summed E-state index contributed by atoms with van der Waals surface area (Å²) in [6.45, 7) is 3.05. The van der Waals surface area contributed by atoms with Gasteiger partial charge in [0.15, 0.2) is 0 Å². The fourth-order valence-electron chi connectivity index (χ4n) is 2.39. The van der Waals surface area contributed by atoms with Crippen LogP contribution in [0.2, 0.25) is 10.0 Å². The van der Waals surface area contributed by atoms with E-state index in [2.05, 4.69) is 17.6 Å². The summed E-state index contributed by atoms with van der Waals surface area (Å²) < 4.78 is 0. The third-order valence-corrected chi connectivity index (χ3v) is 4.43. The van der Waals surface area contributed by atoms with Crippen LogP contribution in [0, 0.1) is 5.92 Å². The number of hydrogen-bond donors (Lipinski definition) is 2. The van der Waals surface area contributed by atoms with Crippen molar-refractivity contribution in [1.29, 1.82) is 0 Å². The van der Waals surface area contributed by atoms with E-state index in [1.54, 1.807) is 18.2 Å². The van der Waals surface area contributed by atoms with E-state index in [1.807, 2.05) is 0 Å². The molecule has 1 amide bonds. The highest BCUT2D eigenvalue weighted by atomic mass is 35.5. The molecule has 1 fully saturated rings. The molecule has 3 nitrogen and oxygen atoms in total. The van der Waals surface area contributed by atoms with Gasteiger partial charge in [-0.3, -0.25) is 4.79 Å². The second-order valence-corrected chi connectivity index (χ2v) is 5.68. The van der Waals surface area contributed by atoms with E-state index in [0.29, 0.717) is 21.7 Å². The van der Waals surface area contributed by atoms with Crippen LogP contribution in [0.4, 0.5) is 5.69 Å². The number of nitrogens with one attached hydrogen (secondary N) is 2. The van der Waals surface area contributed by atoms with Gasteiger partial charge in [0.1, 0.15) is 0 Å². The monoisotopic (exact) mass is 300 g/mol. The van der Waals surface area contributed by atoms with E-state index in [1.165, 1.54) is 0 Å². The molecule has 0 radical (unpaired) electrons. The number of piperidine rings is 1. The molecule has 104 valence electrons. The van der Waals surface area contributed by atoms with Gasteiger partial charge < -0.3 is 10.6 Å².